The molecule has 1 atom stereocenters. The van der Waals surface area contributed by atoms with Crippen LogP contribution in [0.5, 0.6) is 0 Å². The first kappa shape index (κ1) is 14.7. The van der Waals surface area contributed by atoms with E-state index in [1.165, 1.54) is 5.01 Å². The van der Waals surface area contributed by atoms with Crippen LogP contribution in [-0.4, -0.2) is 15.0 Å². The van der Waals surface area contributed by atoms with E-state index in [1.54, 1.807) is 12.4 Å². The van der Waals surface area contributed by atoms with E-state index in [2.05, 4.69) is 36.9 Å². The fourth-order valence-corrected chi connectivity index (χ4v) is 2.53. The van der Waals surface area contributed by atoms with Crippen molar-refractivity contribution < 1.29 is 0 Å². The number of pyridine rings is 1. The van der Waals surface area contributed by atoms with E-state index in [0.717, 1.165) is 16.5 Å². The van der Waals surface area contributed by atoms with E-state index in [0.29, 0.717) is 16.2 Å². The summed E-state index contributed by atoms with van der Waals surface area (Å²) < 4.78 is 0.585. The Hall–Kier alpha value is -2.25. The summed E-state index contributed by atoms with van der Waals surface area (Å²) in [6.07, 6.45) is 3.32. The maximum absolute atomic E-state index is 6.20. The van der Waals surface area contributed by atoms with Crippen LogP contribution in [0.2, 0.25) is 0 Å². The molecule has 2 heterocycles. The molecule has 3 aromatic rings. The summed E-state index contributed by atoms with van der Waals surface area (Å²) in [5, 5.41) is 2.58. The van der Waals surface area contributed by atoms with Gasteiger partial charge in [0.15, 0.2) is 11.6 Å². The zero-order chi connectivity index (χ0) is 15.7. The zero-order valence-electron chi connectivity index (χ0n) is 11.9. The number of rotatable bonds is 3. The minimum Gasteiger partial charge on any atom is -0.381 e. The molecule has 2 aromatic heterocycles. The van der Waals surface area contributed by atoms with Gasteiger partial charge in [0.05, 0.1) is 17.8 Å². The Bertz CT molecular complexity index is 822. The second-order valence-electron chi connectivity index (χ2n) is 4.94. The minimum absolute atomic E-state index is 0.115. The lowest BCUT2D eigenvalue weighted by Gasteiger charge is -2.26. The van der Waals surface area contributed by atoms with Crippen LogP contribution in [0.15, 0.2) is 47.3 Å². The van der Waals surface area contributed by atoms with Crippen molar-refractivity contribution in [3.63, 3.8) is 0 Å². The predicted molar refractivity (Wildman–Crippen MR) is 91.0 cm³/mol. The number of hydrogen-bond acceptors (Lipinski definition) is 6. The van der Waals surface area contributed by atoms with Gasteiger partial charge in [0, 0.05) is 11.6 Å². The Labute approximate surface area is 136 Å². The molecule has 6 nitrogen and oxygen atoms in total. The van der Waals surface area contributed by atoms with Crippen molar-refractivity contribution in [1.82, 2.24) is 15.0 Å². The number of nitrogens with zero attached hydrogens (tertiary/aromatic N) is 4. The summed E-state index contributed by atoms with van der Waals surface area (Å²) in [7, 11) is 0. The zero-order valence-corrected chi connectivity index (χ0v) is 13.5. The second-order valence-corrected chi connectivity index (χ2v) is 5.75. The van der Waals surface area contributed by atoms with Gasteiger partial charge in [-0.05, 0) is 46.6 Å². The van der Waals surface area contributed by atoms with Gasteiger partial charge in [-0.25, -0.2) is 15.8 Å². The highest BCUT2D eigenvalue weighted by Crippen LogP contribution is 2.28. The molecule has 0 aliphatic carbocycles. The van der Waals surface area contributed by atoms with Gasteiger partial charge < -0.3 is 5.73 Å². The van der Waals surface area contributed by atoms with Gasteiger partial charge in [0.1, 0.15) is 4.60 Å². The molecule has 0 radical (unpaired) electrons. The molecule has 7 heteroatoms. The number of halogens is 1. The first-order chi connectivity index (χ1) is 10.6. The standard InChI is InChI=1S/C15H15BrN6/c1-9(22(18)15-14(17)20-8-13(16)21-15)10-4-5-12-11(7-10)3-2-6-19-12/h2-9H,18H2,1H3,(H2,17,20)/t9-/m1/s1. The number of nitrogens with two attached hydrogens (primary N) is 2. The third kappa shape index (κ3) is 2.72. The Morgan fingerprint density at radius 1 is 1.23 bits per heavy atom. The molecule has 0 unspecified atom stereocenters. The van der Waals surface area contributed by atoms with E-state index < -0.39 is 0 Å². The monoisotopic (exact) mass is 358 g/mol. The fourth-order valence-electron chi connectivity index (χ4n) is 2.26. The van der Waals surface area contributed by atoms with Crippen molar-refractivity contribution in [2.75, 3.05) is 10.7 Å². The van der Waals surface area contributed by atoms with Gasteiger partial charge in [-0.2, -0.15) is 0 Å². The van der Waals surface area contributed by atoms with Crippen molar-refractivity contribution in [3.05, 3.63) is 52.9 Å². The Morgan fingerprint density at radius 3 is 2.86 bits per heavy atom. The first-order valence-corrected chi connectivity index (χ1v) is 7.52. The van der Waals surface area contributed by atoms with Crippen molar-refractivity contribution in [2.45, 2.75) is 13.0 Å². The molecule has 0 saturated carbocycles. The molecule has 3 rings (SSSR count). The smallest absolute Gasteiger partial charge is 0.187 e. The first-order valence-electron chi connectivity index (χ1n) is 6.73. The van der Waals surface area contributed by atoms with Crippen molar-refractivity contribution in [3.8, 4) is 0 Å². The molecule has 0 fully saturated rings. The van der Waals surface area contributed by atoms with Gasteiger partial charge in [0.2, 0.25) is 0 Å². The largest absolute Gasteiger partial charge is 0.381 e. The van der Waals surface area contributed by atoms with Gasteiger partial charge in [-0.1, -0.05) is 12.1 Å². The highest BCUT2D eigenvalue weighted by Gasteiger charge is 2.18. The SMILES string of the molecule is C[C@H](c1ccc2ncccc2c1)N(N)c1nc(Br)cnc1N. The number of anilines is 2. The van der Waals surface area contributed by atoms with Crippen LogP contribution in [-0.2, 0) is 0 Å². The molecule has 22 heavy (non-hydrogen) atoms. The van der Waals surface area contributed by atoms with Crippen LogP contribution in [0.4, 0.5) is 11.6 Å². The molecule has 112 valence electrons. The maximum Gasteiger partial charge on any atom is 0.187 e. The van der Waals surface area contributed by atoms with Crippen molar-refractivity contribution in [1.29, 1.82) is 0 Å². The van der Waals surface area contributed by atoms with Crippen LogP contribution in [0.3, 0.4) is 0 Å². The Morgan fingerprint density at radius 2 is 2.05 bits per heavy atom. The minimum atomic E-state index is -0.115. The highest BCUT2D eigenvalue weighted by atomic mass is 79.9. The van der Waals surface area contributed by atoms with Gasteiger partial charge in [-0.3, -0.25) is 9.99 Å². The molecule has 4 N–H and O–H groups in total. The van der Waals surface area contributed by atoms with E-state index in [1.807, 2.05) is 31.2 Å². The lowest BCUT2D eigenvalue weighted by Crippen LogP contribution is -2.35. The average Bonchev–Trinajstić information content (AvgIpc) is 2.55. The van der Waals surface area contributed by atoms with Crippen LogP contribution in [0.1, 0.15) is 18.5 Å². The average molecular weight is 359 g/mol. The van der Waals surface area contributed by atoms with Crippen molar-refractivity contribution >= 4 is 38.5 Å². The predicted octanol–water partition coefficient (Wildman–Crippen LogP) is 2.81. The molecule has 0 saturated heterocycles. The summed E-state index contributed by atoms with van der Waals surface area (Å²) in [6, 6.07) is 9.86. The topological polar surface area (TPSA) is 94.0 Å². The molecule has 1 aromatic carbocycles. The van der Waals surface area contributed by atoms with Gasteiger partial charge in [0.25, 0.3) is 0 Å². The van der Waals surface area contributed by atoms with E-state index >= 15 is 0 Å². The number of fused-ring (bicyclic) bond motifs is 1. The Balaban J connectivity index is 1.97. The summed E-state index contributed by atoms with van der Waals surface area (Å²) in [4.78, 5) is 12.7. The highest BCUT2D eigenvalue weighted by molar-refractivity contribution is 9.10. The molecule has 0 amide bonds. The number of hydrazine groups is 1. The van der Waals surface area contributed by atoms with Gasteiger partial charge in [-0.15, -0.1) is 0 Å². The molecule has 0 aliphatic rings. The van der Waals surface area contributed by atoms with Crippen molar-refractivity contribution in [2.24, 2.45) is 5.84 Å². The van der Waals surface area contributed by atoms with Gasteiger partial charge >= 0.3 is 0 Å². The summed E-state index contributed by atoms with van der Waals surface area (Å²) in [5.41, 5.74) is 7.86. The van der Waals surface area contributed by atoms with Crippen LogP contribution in [0, 0.1) is 0 Å². The van der Waals surface area contributed by atoms with E-state index in [9.17, 15) is 0 Å². The summed E-state index contributed by atoms with van der Waals surface area (Å²) in [6.45, 7) is 1.99. The summed E-state index contributed by atoms with van der Waals surface area (Å²) >= 11 is 3.28. The number of aromatic nitrogens is 3. The molecule has 0 aliphatic heterocycles. The van der Waals surface area contributed by atoms with E-state index in [-0.39, 0.29) is 6.04 Å². The maximum atomic E-state index is 6.20. The van der Waals surface area contributed by atoms with Crippen LogP contribution in [0.25, 0.3) is 10.9 Å². The molecular formula is C15H15BrN6. The Kier molecular flexibility index (Phi) is 3.91. The molecular weight excluding hydrogens is 344 g/mol. The lowest BCUT2D eigenvalue weighted by atomic mass is 10.0. The summed E-state index contributed by atoms with van der Waals surface area (Å²) in [5.74, 6) is 6.93. The molecule has 0 bridgehead atoms. The fraction of sp³-hybridized carbons (Fsp3) is 0.133. The second kappa shape index (κ2) is 5.86. The third-order valence-corrected chi connectivity index (χ3v) is 3.91. The normalized spacial score (nSPS) is 12.3. The quantitative estimate of drug-likeness (QED) is 0.552. The lowest BCUT2D eigenvalue weighted by molar-refractivity contribution is 0.686. The number of benzene rings is 1. The molecule has 0 spiro atoms. The van der Waals surface area contributed by atoms with Crippen LogP contribution >= 0.6 is 15.9 Å². The third-order valence-electron chi connectivity index (χ3n) is 3.52. The number of hydrogen-bond donors (Lipinski definition) is 2. The number of nitrogen functional groups attached to an aromatic ring is 1. The van der Waals surface area contributed by atoms with E-state index in [4.69, 9.17) is 11.6 Å². The van der Waals surface area contributed by atoms with Crippen LogP contribution < -0.4 is 16.6 Å².